The third-order valence-electron chi connectivity index (χ3n) is 3.34. The molecule has 0 aromatic rings. The van der Waals surface area contributed by atoms with Crippen molar-refractivity contribution < 1.29 is 14.6 Å². The number of allylic oxidation sites excluding steroid dienone is 6. The minimum absolute atomic E-state index is 0.0522. The number of aliphatic hydroxyl groups excluding tert-OH is 1. The molecule has 0 fully saturated rings. The van der Waals surface area contributed by atoms with E-state index < -0.39 is 0 Å². The van der Waals surface area contributed by atoms with Gasteiger partial charge in [0.05, 0.1) is 6.61 Å². The van der Waals surface area contributed by atoms with Gasteiger partial charge < -0.3 is 9.84 Å². The van der Waals surface area contributed by atoms with Crippen molar-refractivity contribution in [2.75, 3.05) is 13.2 Å². The lowest BCUT2D eigenvalue weighted by Crippen LogP contribution is -2.03. The Balaban J connectivity index is 0. The number of aliphatic hydroxyl groups is 1. The van der Waals surface area contributed by atoms with Gasteiger partial charge in [0.15, 0.2) is 0 Å². The molecule has 0 saturated heterocycles. The minimum Gasteiger partial charge on any atom is -0.466 e. The molecule has 0 aliphatic rings. The van der Waals surface area contributed by atoms with Crippen molar-refractivity contribution in [2.45, 2.75) is 85.0 Å². The van der Waals surface area contributed by atoms with Gasteiger partial charge in [-0.25, -0.2) is 0 Å². The Labute approximate surface area is 155 Å². The zero-order chi connectivity index (χ0) is 19.0. The Bertz CT molecular complexity index is 343. The molecule has 0 aliphatic heterocycles. The lowest BCUT2D eigenvalue weighted by atomic mass is 10.1. The van der Waals surface area contributed by atoms with Crippen LogP contribution in [0.3, 0.4) is 0 Å². The van der Waals surface area contributed by atoms with Crippen LogP contribution in [0.15, 0.2) is 36.5 Å². The molecule has 146 valence electrons. The minimum atomic E-state index is -0.0522. The zero-order valence-electron chi connectivity index (χ0n) is 16.7. The highest BCUT2D eigenvalue weighted by molar-refractivity contribution is 5.69. The first-order valence-corrected chi connectivity index (χ1v) is 9.94. The van der Waals surface area contributed by atoms with Crippen molar-refractivity contribution in [3.8, 4) is 0 Å². The maximum atomic E-state index is 11.1. The summed E-state index contributed by atoms with van der Waals surface area (Å²) in [6.07, 6.45) is 24.2. The lowest BCUT2D eigenvalue weighted by molar-refractivity contribution is -0.143. The average molecular weight is 353 g/mol. The number of carbonyl (C=O) groups is 1. The summed E-state index contributed by atoms with van der Waals surface area (Å²) in [5, 5.41) is 7.57. The number of esters is 1. The fraction of sp³-hybridized carbons (Fsp3) is 0.682. The lowest BCUT2D eigenvalue weighted by Gasteiger charge is -2.01. The van der Waals surface area contributed by atoms with Crippen LogP contribution in [0.1, 0.15) is 85.0 Å². The summed E-state index contributed by atoms with van der Waals surface area (Å²) in [5.41, 5.74) is 0. The van der Waals surface area contributed by atoms with Crippen molar-refractivity contribution >= 4 is 5.97 Å². The van der Waals surface area contributed by atoms with Crippen LogP contribution in [0.5, 0.6) is 0 Å². The fourth-order valence-electron chi connectivity index (χ4n) is 2.12. The monoisotopic (exact) mass is 352 g/mol. The van der Waals surface area contributed by atoms with Crippen molar-refractivity contribution in [3.63, 3.8) is 0 Å². The Kier molecular flexibility index (Phi) is 25.8. The molecule has 3 nitrogen and oxygen atoms in total. The highest BCUT2D eigenvalue weighted by atomic mass is 16.5. The molecular formula is C22H40O3. The predicted molar refractivity (Wildman–Crippen MR) is 109 cm³/mol. The summed E-state index contributed by atoms with van der Waals surface area (Å²) in [6, 6.07) is 0. The van der Waals surface area contributed by atoms with Crippen LogP contribution in [0.4, 0.5) is 0 Å². The van der Waals surface area contributed by atoms with Crippen molar-refractivity contribution in [1.82, 2.24) is 0 Å². The molecule has 0 spiro atoms. The molecule has 0 heterocycles. The second-order valence-electron chi connectivity index (χ2n) is 5.72. The smallest absolute Gasteiger partial charge is 0.305 e. The maximum Gasteiger partial charge on any atom is 0.305 e. The number of unbranched alkanes of at least 4 members (excludes halogenated alkanes) is 5. The van der Waals surface area contributed by atoms with Gasteiger partial charge in [0.25, 0.3) is 0 Å². The Morgan fingerprint density at radius 2 is 1.32 bits per heavy atom. The highest BCUT2D eigenvalue weighted by Gasteiger charge is 2.00. The van der Waals surface area contributed by atoms with Gasteiger partial charge in [-0.2, -0.15) is 0 Å². The van der Waals surface area contributed by atoms with E-state index in [2.05, 4.69) is 43.4 Å². The second-order valence-corrected chi connectivity index (χ2v) is 5.72. The van der Waals surface area contributed by atoms with Crippen LogP contribution in [0.2, 0.25) is 0 Å². The number of carbonyl (C=O) groups excluding carboxylic acids is 1. The molecule has 0 amide bonds. The summed E-state index contributed by atoms with van der Waals surface area (Å²) >= 11 is 0. The average Bonchev–Trinajstić information content (AvgIpc) is 2.59. The van der Waals surface area contributed by atoms with Gasteiger partial charge in [0, 0.05) is 13.0 Å². The van der Waals surface area contributed by atoms with E-state index in [-0.39, 0.29) is 12.6 Å². The highest BCUT2D eigenvalue weighted by Crippen LogP contribution is 2.08. The molecule has 0 saturated carbocycles. The van der Waals surface area contributed by atoms with Gasteiger partial charge in [-0.05, 0) is 52.4 Å². The molecule has 0 radical (unpaired) electrons. The number of rotatable bonds is 14. The number of hydrogen-bond donors (Lipinski definition) is 1. The summed E-state index contributed by atoms with van der Waals surface area (Å²) in [7, 11) is 0. The van der Waals surface area contributed by atoms with Crippen molar-refractivity contribution in [2.24, 2.45) is 0 Å². The fourth-order valence-corrected chi connectivity index (χ4v) is 2.12. The van der Waals surface area contributed by atoms with E-state index in [0.29, 0.717) is 13.0 Å². The second kappa shape index (κ2) is 24.9. The van der Waals surface area contributed by atoms with E-state index in [1.54, 1.807) is 6.92 Å². The van der Waals surface area contributed by atoms with Gasteiger partial charge in [-0.1, -0.05) is 62.6 Å². The van der Waals surface area contributed by atoms with Gasteiger partial charge in [-0.3, -0.25) is 4.79 Å². The first kappa shape index (κ1) is 25.9. The van der Waals surface area contributed by atoms with E-state index in [0.717, 1.165) is 32.1 Å². The van der Waals surface area contributed by atoms with Crippen LogP contribution >= 0.6 is 0 Å². The molecule has 0 rings (SSSR count). The summed E-state index contributed by atoms with van der Waals surface area (Å²) < 4.78 is 4.90. The molecule has 3 heteroatoms. The van der Waals surface area contributed by atoms with E-state index in [1.807, 2.05) is 6.92 Å². The van der Waals surface area contributed by atoms with E-state index in [4.69, 9.17) is 9.84 Å². The predicted octanol–water partition coefficient (Wildman–Crippen LogP) is 6.14. The molecular weight excluding hydrogens is 312 g/mol. The maximum absolute atomic E-state index is 11.1. The van der Waals surface area contributed by atoms with Crippen molar-refractivity contribution in [3.05, 3.63) is 36.5 Å². The summed E-state index contributed by atoms with van der Waals surface area (Å²) in [6.45, 7) is 6.43. The van der Waals surface area contributed by atoms with E-state index in [9.17, 15) is 4.79 Å². The topological polar surface area (TPSA) is 46.5 Å². The third kappa shape index (κ3) is 27.8. The van der Waals surface area contributed by atoms with Gasteiger partial charge in [-0.15, -0.1) is 0 Å². The zero-order valence-corrected chi connectivity index (χ0v) is 16.7. The quantitative estimate of drug-likeness (QED) is 0.232. The molecule has 1 N–H and O–H groups in total. The molecule has 0 bridgehead atoms. The van der Waals surface area contributed by atoms with Crippen LogP contribution < -0.4 is 0 Å². The van der Waals surface area contributed by atoms with Crippen LogP contribution in [-0.4, -0.2) is 24.3 Å². The van der Waals surface area contributed by atoms with Crippen LogP contribution in [0, 0.1) is 0 Å². The molecule has 0 unspecified atom stereocenters. The van der Waals surface area contributed by atoms with Crippen LogP contribution in [0.25, 0.3) is 0 Å². The first-order valence-electron chi connectivity index (χ1n) is 9.94. The normalized spacial score (nSPS) is 11.2. The van der Waals surface area contributed by atoms with Crippen LogP contribution in [-0.2, 0) is 9.53 Å². The molecule has 25 heavy (non-hydrogen) atoms. The standard InChI is InChI=1S/C20H34O2.C2H6O/c1-3-5-6-7-8-9-10-11-12-13-14-15-16-17-18-19-20(21)22-4-2;1-2-3/h5-6,8-9,11-12H,3-4,7,10,13-19H2,1-2H3;3H,2H2,1H3. The van der Waals surface area contributed by atoms with Gasteiger partial charge in [0.2, 0.25) is 0 Å². The Morgan fingerprint density at radius 3 is 1.92 bits per heavy atom. The molecule has 0 aromatic heterocycles. The number of hydrogen-bond acceptors (Lipinski definition) is 3. The Hall–Kier alpha value is -1.35. The molecule has 0 aromatic carbocycles. The largest absolute Gasteiger partial charge is 0.466 e. The molecule has 0 aliphatic carbocycles. The molecule has 0 atom stereocenters. The first-order chi connectivity index (χ1) is 12.2. The number of ether oxygens (including phenoxy) is 1. The summed E-state index contributed by atoms with van der Waals surface area (Å²) in [4.78, 5) is 11.1. The van der Waals surface area contributed by atoms with E-state index >= 15 is 0 Å². The summed E-state index contributed by atoms with van der Waals surface area (Å²) in [5.74, 6) is -0.0522. The third-order valence-corrected chi connectivity index (χ3v) is 3.34. The van der Waals surface area contributed by atoms with Gasteiger partial charge >= 0.3 is 5.97 Å². The SMILES string of the molecule is CCC=CCC=CCC=CCCCCCCCC(=O)OCC.CCO. The van der Waals surface area contributed by atoms with E-state index in [1.165, 1.54) is 25.7 Å². The van der Waals surface area contributed by atoms with Gasteiger partial charge in [0.1, 0.15) is 0 Å². The van der Waals surface area contributed by atoms with Crippen molar-refractivity contribution in [1.29, 1.82) is 0 Å². The Morgan fingerprint density at radius 1 is 0.800 bits per heavy atom.